The van der Waals surface area contributed by atoms with Crippen LogP contribution in [0.1, 0.15) is 10.4 Å². The Morgan fingerprint density at radius 3 is 2.25 bits per heavy atom. The largest absolute Gasteiger partial charge is 0.494 e. The Balaban J connectivity index is 1.90. The predicted octanol–water partition coefficient (Wildman–Crippen LogP) is 3.49. The van der Waals surface area contributed by atoms with Crippen molar-refractivity contribution in [1.29, 1.82) is 0 Å². The van der Waals surface area contributed by atoms with Gasteiger partial charge in [-0.15, -0.1) is 0 Å². The summed E-state index contributed by atoms with van der Waals surface area (Å²) >= 11 is 0. The number of benzene rings is 1. The summed E-state index contributed by atoms with van der Waals surface area (Å²) in [4.78, 5) is 25.1. The summed E-state index contributed by atoms with van der Waals surface area (Å²) in [6, 6.07) is 13.3. The van der Waals surface area contributed by atoms with Gasteiger partial charge in [-0.05, 0) is 29.3 Å². The first-order valence-electron chi connectivity index (χ1n) is 8.50. The number of aromatic nitrogens is 3. The maximum atomic E-state index is 12.3. The lowest BCUT2D eigenvalue weighted by molar-refractivity contribution is 0.0705. The summed E-state index contributed by atoms with van der Waals surface area (Å²) in [5.74, 6) is -0.421. The van der Waals surface area contributed by atoms with E-state index in [1.807, 2.05) is 36.4 Å². The topological polar surface area (TPSA) is 97.2 Å². The van der Waals surface area contributed by atoms with Gasteiger partial charge in [0.05, 0.1) is 18.2 Å². The number of nitrogens with one attached hydrogen (secondary N) is 1. The van der Waals surface area contributed by atoms with E-state index < -0.39 is 5.91 Å². The van der Waals surface area contributed by atoms with Crippen molar-refractivity contribution in [3.8, 4) is 28.1 Å². The number of rotatable bonds is 4. The van der Waals surface area contributed by atoms with Gasteiger partial charge in [0, 0.05) is 35.7 Å². The molecular weight excluding hydrogens is 356 g/mol. The molecule has 0 saturated carbocycles. The minimum atomic E-state index is -0.688. The number of amides is 1. The van der Waals surface area contributed by atoms with E-state index in [0.717, 1.165) is 16.7 Å². The molecule has 0 atom stereocenters. The van der Waals surface area contributed by atoms with Gasteiger partial charge in [-0.3, -0.25) is 20.0 Å². The van der Waals surface area contributed by atoms with E-state index in [1.165, 1.54) is 13.3 Å². The number of carbonyl (C=O) groups is 1. The highest BCUT2D eigenvalue weighted by Gasteiger charge is 2.22. The monoisotopic (exact) mass is 372 g/mol. The fraction of sp³-hybridized carbons (Fsp3) is 0.0476. The van der Waals surface area contributed by atoms with Crippen molar-refractivity contribution in [3.05, 3.63) is 72.8 Å². The number of methoxy groups -OCH3 is 1. The third-order valence-electron chi connectivity index (χ3n) is 4.45. The lowest BCUT2D eigenvalue weighted by Crippen LogP contribution is -2.20. The second kappa shape index (κ2) is 7.42. The van der Waals surface area contributed by atoms with Gasteiger partial charge in [-0.25, -0.2) is 10.5 Å². The minimum Gasteiger partial charge on any atom is -0.494 e. The van der Waals surface area contributed by atoms with Crippen LogP contribution in [0.5, 0.6) is 5.75 Å². The fourth-order valence-corrected chi connectivity index (χ4v) is 3.13. The Labute approximate surface area is 160 Å². The maximum Gasteiger partial charge on any atom is 0.279 e. The molecule has 0 aliphatic heterocycles. The molecule has 0 fully saturated rings. The molecule has 1 aromatic carbocycles. The first-order valence-corrected chi connectivity index (χ1v) is 8.50. The zero-order valence-corrected chi connectivity index (χ0v) is 15.0. The molecule has 0 aliphatic carbocycles. The molecule has 0 bridgehead atoms. The summed E-state index contributed by atoms with van der Waals surface area (Å²) in [6.07, 6.45) is 6.60. The molecule has 1 amide bonds. The van der Waals surface area contributed by atoms with Crippen LogP contribution in [0.3, 0.4) is 0 Å². The molecule has 0 saturated heterocycles. The summed E-state index contributed by atoms with van der Waals surface area (Å²) < 4.78 is 5.51. The Kier molecular flexibility index (Phi) is 4.65. The lowest BCUT2D eigenvalue weighted by Gasteiger charge is -2.15. The number of carbonyl (C=O) groups excluding carboxylic acids is 1. The summed E-state index contributed by atoms with van der Waals surface area (Å²) in [7, 11) is 1.46. The molecule has 0 radical (unpaired) electrons. The second-order valence-corrected chi connectivity index (χ2v) is 6.02. The van der Waals surface area contributed by atoms with Gasteiger partial charge in [0.2, 0.25) is 0 Å². The molecular formula is C21H16N4O3. The van der Waals surface area contributed by atoms with Gasteiger partial charge in [0.1, 0.15) is 5.69 Å². The number of nitrogens with zero attached hydrogens (tertiary/aromatic N) is 3. The molecule has 0 unspecified atom stereocenters. The van der Waals surface area contributed by atoms with Crippen molar-refractivity contribution >= 4 is 16.8 Å². The standard InChI is InChI=1S/C21H16N4O3/c1-28-20-18(21(26)25-27)16-12-23-11-8-17(16)24-19(20)15-4-2-13(3-5-15)14-6-9-22-10-7-14/h2-12,27H,1H3,(H,25,26). The number of hydrogen-bond donors (Lipinski definition) is 2. The van der Waals surface area contributed by atoms with Gasteiger partial charge in [0.25, 0.3) is 5.91 Å². The Bertz CT molecular complexity index is 1150. The maximum absolute atomic E-state index is 12.3. The van der Waals surface area contributed by atoms with Gasteiger partial charge >= 0.3 is 0 Å². The highest BCUT2D eigenvalue weighted by Crippen LogP contribution is 2.36. The fourth-order valence-electron chi connectivity index (χ4n) is 3.13. The van der Waals surface area contributed by atoms with Crippen LogP contribution in [0.4, 0.5) is 0 Å². The van der Waals surface area contributed by atoms with Crippen molar-refractivity contribution in [2.45, 2.75) is 0 Å². The van der Waals surface area contributed by atoms with E-state index in [9.17, 15) is 10.0 Å². The van der Waals surface area contributed by atoms with Crippen LogP contribution in [0.25, 0.3) is 33.3 Å². The van der Waals surface area contributed by atoms with Crippen LogP contribution in [0.15, 0.2) is 67.3 Å². The van der Waals surface area contributed by atoms with Gasteiger partial charge in [-0.2, -0.15) is 0 Å². The zero-order chi connectivity index (χ0) is 19.5. The quantitative estimate of drug-likeness (QED) is 0.420. The molecule has 3 heterocycles. The van der Waals surface area contributed by atoms with Gasteiger partial charge in [0.15, 0.2) is 5.75 Å². The number of hydroxylamine groups is 1. The third-order valence-corrected chi connectivity index (χ3v) is 4.45. The molecule has 4 aromatic rings. The van der Waals surface area contributed by atoms with Crippen LogP contribution in [0.2, 0.25) is 0 Å². The van der Waals surface area contributed by atoms with Crippen LogP contribution >= 0.6 is 0 Å². The Hall–Kier alpha value is -3.84. The predicted molar refractivity (Wildman–Crippen MR) is 104 cm³/mol. The van der Waals surface area contributed by atoms with Gasteiger partial charge < -0.3 is 4.74 Å². The summed E-state index contributed by atoms with van der Waals surface area (Å²) in [5.41, 5.74) is 5.78. The molecule has 0 spiro atoms. The Morgan fingerprint density at radius 1 is 0.929 bits per heavy atom. The molecule has 0 aliphatic rings. The van der Waals surface area contributed by atoms with E-state index in [-0.39, 0.29) is 11.3 Å². The van der Waals surface area contributed by atoms with Crippen LogP contribution in [-0.2, 0) is 0 Å². The number of pyridine rings is 3. The summed E-state index contributed by atoms with van der Waals surface area (Å²) in [6.45, 7) is 0. The second-order valence-electron chi connectivity index (χ2n) is 6.02. The summed E-state index contributed by atoms with van der Waals surface area (Å²) in [5, 5.41) is 9.68. The molecule has 2 N–H and O–H groups in total. The van der Waals surface area contributed by atoms with Crippen LogP contribution < -0.4 is 10.2 Å². The van der Waals surface area contributed by atoms with E-state index in [2.05, 4.69) is 15.0 Å². The molecule has 7 heteroatoms. The van der Waals surface area contributed by atoms with Crippen LogP contribution in [-0.4, -0.2) is 33.2 Å². The van der Waals surface area contributed by atoms with Gasteiger partial charge in [-0.1, -0.05) is 24.3 Å². The third kappa shape index (κ3) is 3.04. The molecule has 138 valence electrons. The normalized spacial score (nSPS) is 10.6. The smallest absolute Gasteiger partial charge is 0.279 e. The number of fused-ring (bicyclic) bond motifs is 1. The highest BCUT2D eigenvalue weighted by molar-refractivity contribution is 6.09. The molecule has 28 heavy (non-hydrogen) atoms. The average molecular weight is 372 g/mol. The first-order chi connectivity index (χ1) is 13.7. The average Bonchev–Trinajstić information content (AvgIpc) is 2.78. The van der Waals surface area contributed by atoms with E-state index >= 15 is 0 Å². The van der Waals surface area contributed by atoms with E-state index in [4.69, 9.17) is 4.74 Å². The molecule has 7 nitrogen and oxygen atoms in total. The van der Waals surface area contributed by atoms with Crippen molar-refractivity contribution in [2.24, 2.45) is 0 Å². The van der Waals surface area contributed by atoms with Crippen molar-refractivity contribution in [1.82, 2.24) is 20.4 Å². The Morgan fingerprint density at radius 2 is 1.57 bits per heavy atom. The number of hydrogen-bond acceptors (Lipinski definition) is 6. The highest BCUT2D eigenvalue weighted by atomic mass is 16.5. The van der Waals surface area contributed by atoms with Crippen molar-refractivity contribution in [3.63, 3.8) is 0 Å². The van der Waals surface area contributed by atoms with Crippen molar-refractivity contribution in [2.75, 3.05) is 7.11 Å². The number of ether oxygens (including phenoxy) is 1. The first kappa shape index (κ1) is 17.6. The van der Waals surface area contributed by atoms with Crippen molar-refractivity contribution < 1.29 is 14.7 Å². The molecule has 3 aromatic heterocycles. The minimum absolute atomic E-state index is 0.177. The SMILES string of the molecule is COc1c(-c2ccc(-c3ccncc3)cc2)nc2ccncc2c1C(=O)NO. The zero-order valence-electron chi connectivity index (χ0n) is 15.0. The van der Waals surface area contributed by atoms with E-state index in [0.29, 0.717) is 16.6 Å². The van der Waals surface area contributed by atoms with E-state index in [1.54, 1.807) is 30.1 Å². The lowest BCUT2D eigenvalue weighted by atomic mass is 10.0. The van der Waals surface area contributed by atoms with Crippen LogP contribution in [0, 0.1) is 0 Å². The molecule has 4 rings (SSSR count).